The molecule has 3 heterocycles. The number of hydrogen-bond donors (Lipinski definition) is 0. The lowest BCUT2D eigenvalue weighted by Crippen LogP contribution is -2.27. The fourth-order valence-electron chi connectivity index (χ4n) is 3.16. The number of aromatic nitrogens is 3. The molecule has 5 nitrogen and oxygen atoms in total. The zero-order valence-corrected chi connectivity index (χ0v) is 13.7. The molecule has 1 atom stereocenters. The van der Waals surface area contributed by atoms with E-state index in [2.05, 4.69) is 23.6 Å². The maximum Gasteiger partial charge on any atom is 0.217 e. The Labute approximate surface area is 132 Å². The molecule has 0 radical (unpaired) electrons. The fraction of sp³-hybridized carbons (Fsp3) is 0.647. The highest BCUT2D eigenvalue weighted by Gasteiger charge is 2.26. The maximum atomic E-state index is 5.48. The summed E-state index contributed by atoms with van der Waals surface area (Å²) in [6.45, 7) is 4.28. The van der Waals surface area contributed by atoms with E-state index >= 15 is 0 Å². The smallest absolute Gasteiger partial charge is 0.217 e. The Kier molecular flexibility index (Phi) is 4.93. The number of hydrogen-bond acceptors (Lipinski definition) is 4. The predicted octanol–water partition coefficient (Wildman–Crippen LogP) is 3.89. The molecule has 5 heteroatoms. The minimum Gasteiger partial charge on any atom is -0.461 e. The van der Waals surface area contributed by atoms with Crippen LogP contribution in [0.2, 0.25) is 0 Å². The van der Waals surface area contributed by atoms with Gasteiger partial charge in [0.25, 0.3) is 0 Å². The van der Waals surface area contributed by atoms with Crippen LogP contribution in [0.4, 0.5) is 0 Å². The quantitative estimate of drug-likeness (QED) is 0.841. The van der Waals surface area contributed by atoms with Gasteiger partial charge in [-0.2, -0.15) is 0 Å². The first kappa shape index (κ1) is 15.3. The fourth-order valence-corrected chi connectivity index (χ4v) is 3.16. The molecule has 2 aromatic rings. The van der Waals surface area contributed by atoms with Crippen molar-refractivity contribution < 1.29 is 4.42 Å². The molecule has 0 unspecified atom stereocenters. The molecule has 0 amide bonds. The zero-order valence-electron chi connectivity index (χ0n) is 13.7. The third-order valence-corrected chi connectivity index (χ3v) is 4.48. The standard InChI is InChI=1S/C17H26N4O/c1-3-4-12-21-17(14-9-6-5-7-11-20(14)2)18-16(19-21)15-10-8-13-22-15/h8,10,13-14H,3-7,9,11-12H2,1-2H3/t14-/m0/s1. The molecule has 1 fully saturated rings. The number of unbranched alkanes of at least 4 members (excludes halogenated alkanes) is 1. The first-order chi connectivity index (χ1) is 10.8. The van der Waals surface area contributed by atoms with Crippen LogP contribution in [-0.4, -0.2) is 33.3 Å². The second kappa shape index (κ2) is 7.09. The molecule has 0 spiro atoms. The molecular weight excluding hydrogens is 276 g/mol. The van der Waals surface area contributed by atoms with Gasteiger partial charge in [-0.05, 0) is 45.0 Å². The molecule has 1 saturated heterocycles. The highest BCUT2D eigenvalue weighted by molar-refractivity contribution is 5.45. The lowest BCUT2D eigenvalue weighted by molar-refractivity contribution is 0.232. The maximum absolute atomic E-state index is 5.48. The highest BCUT2D eigenvalue weighted by atomic mass is 16.3. The summed E-state index contributed by atoms with van der Waals surface area (Å²) in [6.07, 6.45) is 9.00. The minimum atomic E-state index is 0.371. The molecule has 0 aliphatic carbocycles. The Bertz CT molecular complexity index is 576. The molecule has 120 valence electrons. The second-order valence-electron chi connectivity index (χ2n) is 6.19. The van der Waals surface area contributed by atoms with E-state index in [1.807, 2.05) is 12.1 Å². The van der Waals surface area contributed by atoms with Crippen molar-refractivity contribution in [3.8, 4) is 11.6 Å². The summed E-state index contributed by atoms with van der Waals surface area (Å²) in [6, 6.07) is 4.19. The van der Waals surface area contributed by atoms with Crippen molar-refractivity contribution in [3.05, 3.63) is 24.2 Å². The van der Waals surface area contributed by atoms with Crippen molar-refractivity contribution >= 4 is 0 Å². The average Bonchev–Trinajstić information content (AvgIpc) is 3.13. The zero-order chi connectivity index (χ0) is 15.4. The van der Waals surface area contributed by atoms with Crippen LogP contribution in [0, 0.1) is 0 Å². The number of nitrogens with zero attached hydrogens (tertiary/aromatic N) is 4. The van der Waals surface area contributed by atoms with Crippen LogP contribution in [0.1, 0.15) is 57.3 Å². The van der Waals surface area contributed by atoms with Crippen molar-refractivity contribution in [1.29, 1.82) is 0 Å². The van der Waals surface area contributed by atoms with Crippen molar-refractivity contribution in [2.75, 3.05) is 13.6 Å². The largest absolute Gasteiger partial charge is 0.461 e. The molecule has 1 aliphatic rings. The van der Waals surface area contributed by atoms with E-state index < -0.39 is 0 Å². The van der Waals surface area contributed by atoms with Gasteiger partial charge in [0.1, 0.15) is 5.82 Å². The first-order valence-electron chi connectivity index (χ1n) is 8.48. The van der Waals surface area contributed by atoms with Gasteiger partial charge in [0.2, 0.25) is 5.82 Å². The lowest BCUT2D eigenvalue weighted by atomic mass is 10.1. The molecule has 0 bridgehead atoms. The van der Waals surface area contributed by atoms with Gasteiger partial charge in [0.05, 0.1) is 12.3 Å². The van der Waals surface area contributed by atoms with Crippen LogP contribution in [0.3, 0.4) is 0 Å². The number of furan rings is 1. The van der Waals surface area contributed by atoms with E-state index in [1.54, 1.807) is 6.26 Å². The molecule has 22 heavy (non-hydrogen) atoms. The van der Waals surface area contributed by atoms with Crippen LogP contribution in [0.5, 0.6) is 0 Å². The Hall–Kier alpha value is -1.62. The number of rotatable bonds is 5. The van der Waals surface area contributed by atoms with E-state index in [1.165, 1.54) is 25.7 Å². The van der Waals surface area contributed by atoms with Crippen molar-refractivity contribution in [2.45, 2.75) is 58.0 Å². The molecule has 0 saturated carbocycles. The second-order valence-corrected chi connectivity index (χ2v) is 6.19. The third kappa shape index (κ3) is 3.24. The first-order valence-corrected chi connectivity index (χ1v) is 8.48. The lowest BCUT2D eigenvalue weighted by Gasteiger charge is -2.25. The molecular formula is C17H26N4O. The minimum absolute atomic E-state index is 0.371. The summed E-state index contributed by atoms with van der Waals surface area (Å²) in [7, 11) is 2.21. The van der Waals surface area contributed by atoms with E-state index in [0.717, 1.165) is 37.5 Å². The number of aryl methyl sites for hydroxylation is 1. The SMILES string of the molecule is CCCCn1nc(-c2ccco2)nc1[C@@H]1CCCCCN1C. The van der Waals surface area contributed by atoms with Crippen molar-refractivity contribution in [3.63, 3.8) is 0 Å². The molecule has 2 aromatic heterocycles. The Morgan fingerprint density at radius 1 is 1.32 bits per heavy atom. The monoisotopic (exact) mass is 302 g/mol. The van der Waals surface area contributed by atoms with Gasteiger partial charge in [0.15, 0.2) is 5.76 Å². The van der Waals surface area contributed by atoms with Gasteiger partial charge < -0.3 is 4.42 Å². The average molecular weight is 302 g/mol. The number of likely N-dealkylation sites (tertiary alicyclic amines) is 1. The molecule has 0 aromatic carbocycles. The highest BCUT2D eigenvalue weighted by Crippen LogP contribution is 2.29. The van der Waals surface area contributed by atoms with Crippen molar-refractivity contribution in [1.82, 2.24) is 19.7 Å². The van der Waals surface area contributed by atoms with Crippen LogP contribution in [-0.2, 0) is 6.54 Å². The summed E-state index contributed by atoms with van der Waals surface area (Å²) in [5.41, 5.74) is 0. The van der Waals surface area contributed by atoms with Gasteiger partial charge in [-0.15, -0.1) is 5.10 Å². The molecule has 0 N–H and O–H groups in total. The summed E-state index contributed by atoms with van der Waals surface area (Å²) < 4.78 is 7.58. The van der Waals surface area contributed by atoms with Gasteiger partial charge in [0, 0.05) is 6.54 Å². The van der Waals surface area contributed by atoms with E-state index in [9.17, 15) is 0 Å². The van der Waals surface area contributed by atoms with Crippen LogP contribution in [0.15, 0.2) is 22.8 Å². The summed E-state index contributed by atoms with van der Waals surface area (Å²) in [5.74, 6) is 2.57. The third-order valence-electron chi connectivity index (χ3n) is 4.48. The van der Waals surface area contributed by atoms with E-state index in [-0.39, 0.29) is 0 Å². The summed E-state index contributed by atoms with van der Waals surface area (Å²) >= 11 is 0. The van der Waals surface area contributed by atoms with E-state index in [0.29, 0.717) is 11.9 Å². The van der Waals surface area contributed by atoms with Crippen LogP contribution in [0.25, 0.3) is 11.6 Å². The van der Waals surface area contributed by atoms with E-state index in [4.69, 9.17) is 14.5 Å². The normalized spacial score (nSPS) is 20.2. The predicted molar refractivity (Wildman–Crippen MR) is 86.5 cm³/mol. The van der Waals surface area contributed by atoms with Crippen molar-refractivity contribution in [2.24, 2.45) is 0 Å². The van der Waals surface area contributed by atoms with Gasteiger partial charge in [-0.25, -0.2) is 9.67 Å². The van der Waals surface area contributed by atoms with Crippen LogP contribution >= 0.6 is 0 Å². The van der Waals surface area contributed by atoms with Gasteiger partial charge >= 0.3 is 0 Å². The summed E-state index contributed by atoms with van der Waals surface area (Å²) in [5, 5.41) is 4.72. The topological polar surface area (TPSA) is 47.1 Å². The Morgan fingerprint density at radius 2 is 2.23 bits per heavy atom. The molecule has 1 aliphatic heterocycles. The summed E-state index contributed by atoms with van der Waals surface area (Å²) in [4.78, 5) is 7.27. The van der Waals surface area contributed by atoms with Gasteiger partial charge in [-0.3, -0.25) is 4.90 Å². The van der Waals surface area contributed by atoms with Crippen LogP contribution < -0.4 is 0 Å². The Balaban J connectivity index is 1.92. The van der Waals surface area contributed by atoms with Gasteiger partial charge in [-0.1, -0.05) is 26.2 Å². The molecule has 3 rings (SSSR count). The Morgan fingerprint density at radius 3 is 3.00 bits per heavy atom.